The van der Waals surface area contributed by atoms with Crippen LogP contribution >= 0.6 is 11.6 Å². The molecule has 0 radical (unpaired) electrons. The van der Waals surface area contributed by atoms with Crippen LogP contribution in [0.15, 0.2) is 65.3 Å². The van der Waals surface area contributed by atoms with Gasteiger partial charge in [-0.05, 0) is 24.3 Å². The monoisotopic (exact) mass is 328 g/mol. The van der Waals surface area contributed by atoms with Crippen LogP contribution in [0.4, 0.5) is 11.4 Å². The van der Waals surface area contributed by atoms with Gasteiger partial charge in [0.05, 0.1) is 12.8 Å². The highest BCUT2D eigenvalue weighted by molar-refractivity contribution is 6.53. The van der Waals surface area contributed by atoms with E-state index in [1.54, 1.807) is 36.4 Å². The van der Waals surface area contributed by atoms with Crippen molar-refractivity contribution in [3.8, 4) is 5.75 Å². The standard InChI is InChI=1S/C17H13ClN2O3/c1-23-13-9-5-8-12(10-13)20-16(21)14(18)15(17(20)22)19-11-6-3-2-4-7-11/h2-10,19H,1H3. The third-order valence-corrected chi connectivity index (χ3v) is 3.73. The van der Waals surface area contributed by atoms with Crippen molar-refractivity contribution in [1.82, 2.24) is 0 Å². The molecule has 0 spiro atoms. The summed E-state index contributed by atoms with van der Waals surface area (Å²) in [5, 5.41) is 2.77. The number of methoxy groups -OCH3 is 1. The van der Waals surface area contributed by atoms with Crippen molar-refractivity contribution in [2.45, 2.75) is 0 Å². The minimum Gasteiger partial charge on any atom is -0.497 e. The molecule has 0 saturated carbocycles. The van der Waals surface area contributed by atoms with Gasteiger partial charge < -0.3 is 10.1 Å². The Labute approximate surface area is 138 Å². The number of amides is 2. The molecule has 0 atom stereocenters. The first-order valence-corrected chi connectivity index (χ1v) is 7.24. The lowest BCUT2D eigenvalue weighted by Crippen LogP contribution is -2.32. The summed E-state index contributed by atoms with van der Waals surface area (Å²) in [5.74, 6) is -0.524. The number of anilines is 2. The normalized spacial score (nSPS) is 14.4. The number of nitrogens with zero attached hydrogens (tertiary/aromatic N) is 1. The second-order valence-corrected chi connectivity index (χ2v) is 5.21. The van der Waals surface area contributed by atoms with E-state index >= 15 is 0 Å². The predicted molar refractivity (Wildman–Crippen MR) is 88.4 cm³/mol. The Bertz CT molecular complexity index is 802. The van der Waals surface area contributed by atoms with Crippen LogP contribution in [0.2, 0.25) is 0 Å². The minimum atomic E-state index is -0.566. The number of nitrogens with one attached hydrogen (secondary N) is 1. The summed E-state index contributed by atoms with van der Waals surface area (Å²) in [6, 6.07) is 15.7. The van der Waals surface area contributed by atoms with Crippen LogP contribution in [0.25, 0.3) is 0 Å². The van der Waals surface area contributed by atoms with E-state index < -0.39 is 11.8 Å². The number of imide groups is 1. The Hall–Kier alpha value is -2.79. The van der Waals surface area contributed by atoms with E-state index in [4.69, 9.17) is 16.3 Å². The summed E-state index contributed by atoms with van der Waals surface area (Å²) in [6.45, 7) is 0. The van der Waals surface area contributed by atoms with Gasteiger partial charge in [0, 0.05) is 11.8 Å². The molecule has 0 saturated heterocycles. The number of carbonyl (C=O) groups is 2. The van der Waals surface area contributed by atoms with Crippen molar-refractivity contribution < 1.29 is 14.3 Å². The van der Waals surface area contributed by atoms with Crippen LogP contribution in [0, 0.1) is 0 Å². The van der Waals surface area contributed by atoms with Crippen LogP contribution in [-0.2, 0) is 9.59 Å². The van der Waals surface area contributed by atoms with E-state index in [2.05, 4.69) is 5.32 Å². The van der Waals surface area contributed by atoms with E-state index in [0.29, 0.717) is 17.1 Å². The number of halogens is 1. The largest absolute Gasteiger partial charge is 0.497 e. The van der Waals surface area contributed by atoms with Crippen molar-refractivity contribution in [2.24, 2.45) is 0 Å². The lowest BCUT2D eigenvalue weighted by atomic mass is 10.2. The van der Waals surface area contributed by atoms with Crippen molar-refractivity contribution in [3.63, 3.8) is 0 Å². The molecule has 0 unspecified atom stereocenters. The van der Waals surface area contributed by atoms with Crippen LogP contribution in [0.1, 0.15) is 0 Å². The molecule has 2 aromatic rings. The van der Waals surface area contributed by atoms with Gasteiger partial charge >= 0.3 is 0 Å². The van der Waals surface area contributed by atoms with E-state index in [-0.39, 0.29) is 10.7 Å². The summed E-state index contributed by atoms with van der Waals surface area (Å²) < 4.78 is 5.12. The second kappa shape index (κ2) is 6.14. The number of benzene rings is 2. The van der Waals surface area contributed by atoms with E-state index in [1.807, 2.05) is 18.2 Å². The highest BCUT2D eigenvalue weighted by atomic mass is 35.5. The highest BCUT2D eigenvalue weighted by Crippen LogP contribution is 2.31. The van der Waals surface area contributed by atoms with Gasteiger partial charge in [0.1, 0.15) is 16.5 Å². The van der Waals surface area contributed by atoms with E-state index in [0.717, 1.165) is 4.90 Å². The van der Waals surface area contributed by atoms with Gasteiger partial charge in [0.15, 0.2) is 0 Å². The number of rotatable bonds is 4. The van der Waals surface area contributed by atoms with E-state index in [9.17, 15) is 9.59 Å². The zero-order valence-electron chi connectivity index (χ0n) is 12.2. The Morgan fingerprint density at radius 1 is 1.00 bits per heavy atom. The molecular formula is C17H13ClN2O3. The third kappa shape index (κ3) is 2.78. The average molecular weight is 329 g/mol. The maximum absolute atomic E-state index is 12.6. The first-order chi connectivity index (χ1) is 11.1. The van der Waals surface area contributed by atoms with Crippen molar-refractivity contribution in [1.29, 1.82) is 0 Å². The summed E-state index contributed by atoms with van der Waals surface area (Å²) in [7, 11) is 1.51. The summed E-state index contributed by atoms with van der Waals surface area (Å²) >= 11 is 6.07. The molecule has 23 heavy (non-hydrogen) atoms. The van der Waals surface area contributed by atoms with Crippen LogP contribution < -0.4 is 15.0 Å². The molecule has 2 amide bonds. The van der Waals surface area contributed by atoms with Gasteiger partial charge in [-0.15, -0.1) is 0 Å². The van der Waals surface area contributed by atoms with Crippen LogP contribution in [-0.4, -0.2) is 18.9 Å². The Kier molecular flexibility index (Phi) is 4.04. The van der Waals surface area contributed by atoms with Gasteiger partial charge in [-0.25, -0.2) is 4.90 Å². The number of hydrogen-bond acceptors (Lipinski definition) is 4. The number of hydrogen-bond donors (Lipinski definition) is 1. The smallest absolute Gasteiger partial charge is 0.283 e. The van der Waals surface area contributed by atoms with E-state index in [1.165, 1.54) is 7.11 Å². The molecule has 5 nitrogen and oxygen atoms in total. The fourth-order valence-electron chi connectivity index (χ4n) is 2.26. The fraction of sp³-hybridized carbons (Fsp3) is 0.0588. The maximum Gasteiger partial charge on any atom is 0.283 e. The Morgan fingerprint density at radius 2 is 1.74 bits per heavy atom. The van der Waals surface area contributed by atoms with Gasteiger partial charge in [-0.2, -0.15) is 0 Å². The first-order valence-electron chi connectivity index (χ1n) is 6.86. The minimum absolute atomic E-state index is 0.0608. The molecule has 0 aromatic heterocycles. The van der Waals surface area contributed by atoms with Gasteiger partial charge in [0.25, 0.3) is 11.8 Å². The van der Waals surface area contributed by atoms with Crippen LogP contribution in [0.5, 0.6) is 5.75 Å². The zero-order chi connectivity index (χ0) is 16.4. The zero-order valence-corrected chi connectivity index (χ0v) is 13.0. The molecule has 0 fully saturated rings. The molecule has 0 bridgehead atoms. The van der Waals surface area contributed by atoms with Crippen molar-refractivity contribution in [2.75, 3.05) is 17.3 Å². The molecule has 116 valence electrons. The quantitative estimate of drug-likeness (QED) is 0.876. The lowest BCUT2D eigenvalue weighted by molar-refractivity contribution is -0.120. The molecule has 1 N–H and O–H groups in total. The average Bonchev–Trinajstić information content (AvgIpc) is 2.79. The van der Waals surface area contributed by atoms with Gasteiger partial charge in [-0.3, -0.25) is 9.59 Å². The molecule has 2 aromatic carbocycles. The Morgan fingerprint density at radius 3 is 2.43 bits per heavy atom. The summed E-state index contributed by atoms with van der Waals surface area (Å²) in [4.78, 5) is 26.0. The van der Waals surface area contributed by atoms with Crippen molar-refractivity contribution >= 4 is 34.8 Å². The number of para-hydroxylation sites is 1. The first kappa shape index (κ1) is 15.1. The van der Waals surface area contributed by atoms with Crippen molar-refractivity contribution in [3.05, 3.63) is 65.3 Å². The molecule has 3 rings (SSSR count). The van der Waals surface area contributed by atoms with Crippen LogP contribution in [0.3, 0.4) is 0 Å². The molecular weight excluding hydrogens is 316 g/mol. The third-order valence-electron chi connectivity index (χ3n) is 3.38. The summed E-state index contributed by atoms with van der Waals surface area (Å²) in [5.41, 5.74) is 1.14. The number of ether oxygens (including phenoxy) is 1. The molecule has 1 heterocycles. The second-order valence-electron chi connectivity index (χ2n) is 4.83. The lowest BCUT2D eigenvalue weighted by Gasteiger charge is -2.15. The molecule has 0 aliphatic carbocycles. The highest BCUT2D eigenvalue weighted by Gasteiger charge is 2.39. The Balaban J connectivity index is 1.92. The predicted octanol–water partition coefficient (Wildman–Crippen LogP) is 3.13. The van der Waals surface area contributed by atoms with Gasteiger partial charge in [-0.1, -0.05) is 35.9 Å². The molecule has 1 aliphatic rings. The SMILES string of the molecule is COc1cccc(N2C(=O)C(Cl)=C(Nc3ccccc3)C2=O)c1. The molecule has 6 heteroatoms. The van der Waals surface area contributed by atoms with Gasteiger partial charge in [0.2, 0.25) is 0 Å². The maximum atomic E-state index is 12.6. The topological polar surface area (TPSA) is 58.6 Å². The molecule has 1 aliphatic heterocycles. The summed E-state index contributed by atoms with van der Waals surface area (Å²) in [6.07, 6.45) is 0. The fourth-order valence-corrected chi connectivity index (χ4v) is 2.47. The number of carbonyl (C=O) groups excluding carboxylic acids is 2.